The lowest BCUT2D eigenvalue weighted by molar-refractivity contribution is 0.111. The molecule has 5 nitrogen and oxygen atoms in total. The van der Waals surface area contributed by atoms with Crippen LogP contribution in [0.5, 0.6) is 0 Å². The summed E-state index contributed by atoms with van der Waals surface area (Å²) in [4.78, 5) is 14.8. The number of hydrogen-bond donors (Lipinski definition) is 1. The van der Waals surface area contributed by atoms with E-state index in [-0.39, 0.29) is 0 Å². The average Bonchev–Trinajstić information content (AvgIpc) is 2.95. The van der Waals surface area contributed by atoms with E-state index >= 15 is 0 Å². The first-order chi connectivity index (χ1) is 10.1. The van der Waals surface area contributed by atoms with Gasteiger partial charge in [-0.15, -0.1) is 0 Å². The van der Waals surface area contributed by atoms with Crippen molar-refractivity contribution in [1.29, 1.82) is 0 Å². The van der Waals surface area contributed by atoms with Crippen molar-refractivity contribution in [2.75, 3.05) is 13.6 Å². The second-order valence-corrected chi connectivity index (χ2v) is 5.05. The van der Waals surface area contributed by atoms with Crippen molar-refractivity contribution in [1.82, 2.24) is 15.5 Å². The standard InChI is InChI=1S/C13H14N2O2.C3H9N/c1-9(2)6-11-7-13(15-17-11)12-5-3-4-10(8-16)14-12;1-3-4-2/h3-5,7-9H,6H2,1-2H3;4H,3H2,1-2H3. The highest BCUT2D eigenvalue weighted by Gasteiger charge is 2.09. The number of aldehydes is 1. The Morgan fingerprint density at radius 1 is 1.33 bits per heavy atom. The number of hydrogen-bond acceptors (Lipinski definition) is 5. The largest absolute Gasteiger partial charge is 0.361 e. The number of rotatable bonds is 5. The molecule has 0 aliphatic carbocycles. The second kappa shape index (κ2) is 9.02. The summed E-state index contributed by atoms with van der Waals surface area (Å²) in [5.74, 6) is 1.36. The van der Waals surface area contributed by atoms with Crippen LogP contribution in [-0.4, -0.2) is 30.0 Å². The molecule has 1 N–H and O–H groups in total. The van der Waals surface area contributed by atoms with Crippen LogP contribution in [-0.2, 0) is 6.42 Å². The fourth-order valence-corrected chi connectivity index (χ4v) is 1.59. The van der Waals surface area contributed by atoms with Gasteiger partial charge in [-0.2, -0.15) is 0 Å². The molecule has 0 atom stereocenters. The predicted molar refractivity (Wildman–Crippen MR) is 83.3 cm³/mol. The summed E-state index contributed by atoms with van der Waals surface area (Å²) in [7, 11) is 1.93. The quantitative estimate of drug-likeness (QED) is 0.857. The zero-order valence-electron chi connectivity index (χ0n) is 13.1. The molecule has 0 fully saturated rings. The Hall–Kier alpha value is -2.01. The van der Waals surface area contributed by atoms with Crippen LogP contribution in [0.3, 0.4) is 0 Å². The Morgan fingerprint density at radius 3 is 2.62 bits per heavy atom. The van der Waals surface area contributed by atoms with Gasteiger partial charge >= 0.3 is 0 Å². The van der Waals surface area contributed by atoms with Gasteiger partial charge in [0.05, 0.1) is 5.69 Å². The van der Waals surface area contributed by atoms with Crippen molar-refractivity contribution < 1.29 is 9.32 Å². The SMILES string of the molecule is CC(C)Cc1cc(-c2cccc(C=O)n2)no1.CCNC. The summed E-state index contributed by atoms with van der Waals surface area (Å²) >= 11 is 0. The molecule has 114 valence electrons. The van der Waals surface area contributed by atoms with Gasteiger partial charge in [-0.1, -0.05) is 32.0 Å². The Labute approximate surface area is 125 Å². The van der Waals surface area contributed by atoms with Gasteiger partial charge in [-0.3, -0.25) is 4.79 Å². The molecule has 2 aromatic rings. The Bertz CT molecular complexity index is 548. The maximum Gasteiger partial charge on any atom is 0.168 e. The Balaban J connectivity index is 0.000000491. The number of nitrogens with one attached hydrogen (secondary N) is 1. The summed E-state index contributed by atoms with van der Waals surface area (Å²) in [5, 5.41) is 6.89. The number of pyridine rings is 1. The molecule has 0 unspecified atom stereocenters. The Kier molecular flexibility index (Phi) is 7.32. The molecule has 2 rings (SSSR count). The van der Waals surface area contributed by atoms with Crippen LogP contribution in [0.1, 0.15) is 37.0 Å². The van der Waals surface area contributed by atoms with Crippen molar-refractivity contribution >= 4 is 6.29 Å². The van der Waals surface area contributed by atoms with Gasteiger partial charge in [0.2, 0.25) is 0 Å². The summed E-state index contributed by atoms with van der Waals surface area (Å²) in [5.41, 5.74) is 1.73. The van der Waals surface area contributed by atoms with Crippen LogP contribution in [0.15, 0.2) is 28.8 Å². The topological polar surface area (TPSA) is 68.0 Å². The van der Waals surface area contributed by atoms with Gasteiger partial charge in [0, 0.05) is 12.5 Å². The van der Waals surface area contributed by atoms with Crippen LogP contribution in [0.4, 0.5) is 0 Å². The minimum atomic E-state index is 0.399. The first kappa shape index (κ1) is 17.0. The van der Waals surface area contributed by atoms with Crippen LogP contribution in [0.25, 0.3) is 11.4 Å². The lowest BCUT2D eigenvalue weighted by atomic mass is 10.1. The summed E-state index contributed by atoms with van der Waals surface area (Å²) in [6.07, 6.45) is 1.57. The number of carbonyl (C=O) groups is 1. The van der Waals surface area contributed by atoms with Gasteiger partial charge in [0.15, 0.2) is 6.29 Å². The van der Waals surface area contributed by atoms with E-state index in [4.69, 9.17) is 4.52 Å². The minimum absolute atomic E-state index is 0.399. The molecule has 0 spiro atoms. The third kappa shape index (κ3) is 5.87. The Morgan fingerprint density at radius 2 is 2.05 bits per heavy atom. The first-order valence-corrected chi connectivity index (χ1v) is 7.13. The summed E-state index contributed by atoms with van der Waals surface area (Å²) in [6.45, 7) is 7.38. The van der Waals surface area contributed by atoms with Crippen LogP contribution >= 0.6 is 0 Å². The second-order valence-electron chi connectivity index (χ2n) is 5.05. The van der Waals surface area contributed by atoms with Crippen LogP contribution in [0, 0.1) is 5.92 Å². The normalized spacial score (nSPS) is 10.1. The molecule has 0 amide bonds. The molecule has 0 saturated heterocycles. The van der Waals surface area contributed by atoms with E-state index in [0.29, 0.717) is 23.0 Å². The number of aromatic nitrogens is 2. The average molecular weight is 289 g/mol. The maximum absolute atomic E-state index is 10.6. The zero-order valence-corrected chi connectivity index (χ0v) is 13.1. The van der Waals surface area contributed by atoms with Crippen LogP contribution < -0.4 is 5.32 Å². The molecule has 0 saturated carbocycles. The van der Waals surface area contributed by atoms with Crippen molar-refractivity contribution in [2.45, 2.75) is 27.2 Å². The summed E-state index contributed by atoms with van der Waals surface area (Å²) in [6, 6.07) is 7.12. The van der Waals surface area contributed by atoms with Crippen molar-refractivity contribution in [2.24, 2.45) is 5.92 Å². The van der Waals surface area contributed by atoms with Crippen LogP contribution in [0.2, 0.25) is 0 Å². The van der Waals surface area contributed by atoms with E-state index in [2.05, 4.69) is 36.2 Å². The smallest absolute Gasteiger partial charge is 0.168 e. The highest BCUT2D eigenvalue weighted by atomic mass is 16.5. The van der Waals surface area contributed by atoms with Crippen molar-refractivity contribution in [3.63, 3.8) is 0 Å². The molecule has 2 aromatic heterocycles. The van der Waals surface area contributed by atoms with Gasteiger partial charge < -0.3 is 9.84 Å². The first-order valence-electron chi connectivity index (χ1n) is 7.13. The van der Waals surface area contributed by atoms with E-state index in [1.54, 1.807) is 12.1 Å². The zero-order chi connectivity index (χ0) is 15.7. The number of nitrogens with zero attached hydrogens (tertiary/aromatic N) is 2. The minimum Gasteiger partial charge on any atom is -0.361 e. The highest BCUT2D eigenvalue weighted by Crippen LogP contribution is 2.18. The lowest BCUT2D eigenvalue weighted by Crippen LogP contribution is -2.01. The van der Waals surface area contributed by atoms with E-state index in [1.807, 2.05) is 19.2 Å². The van der Waals surface area contributed by atoms with Gasteiger partial charge in [-0.05, 0) is 31.6 Å². The molecule has 2 heterocycles. The molecule has 0 aliphatic rings. The molecule has 0 radical (unpaired) electrons. The molecular weight excluding hydrogens is 266 g/mol. The van der Waals surface area contributed by atoms with Crippen molar-refractivity contribution in [3.8, 4) is 11.4 Å². The third-order valence-electron chi connectivity index (χ3n) is 2.68. The highest BCUT2D eigenvalue weighted by molar-refractivity contribution is 5.73. The van der Waals surface area contributed by atoms with E-state index < -0.39 is 0 Å². The molecule has 0 aromatic carbocycles. The summed E-state index contributed by atoms with van der Waals surface area (Å²) < 4.78 is 5.23. The van der Waals surface area contributed by atoms with Gasteiger partial charge in [0.1, 0.15) is 17.1 Å². The van der Waals surface area contributed by atoms with Crippen molar-refractivity contribution in [3.05, 3.63) is 35.7 Å². The van der Waals surface area contributed by atoms with Gasteiger partial charge in [0.25, 0.3) is 0 Å². The lowest BCUT2D eigenvalue weighted by Gasteiger charge is -1.97. The van der Waals surface area contributed by atoms with E-state index in [0.717, 1.165) is 25.0 Å². The van der Waals surface area contributed by atoms with E-state index in [1.165, 1.54) is 0 Å². The molecule has 0 aliphatic heterocycles. The molecule has 5 heteroatoms. The maximum atomic E-state index is 10.6. The fraction of sp³-hybridized carbons (Fsp3) is 0.438. The third-order valence-corrected chi connectivity index (χ3v) is 2.68. The molecule has 0 bridgehead atoms. The molecular formula is C16H23N3O2. The fourth-order valence-electron chi connectivity index (χ4n) is 1.59. The van der Waals surface area contributed by atoms with E-state index in [9.17, 15) is 4.79 Å². The monoisotopic (exact) mass is 289 g/mol. The van der Waals surface area contributed by atoms with Gasteiger partial charge in [-0.25, -0.2) is 4.98 Å². The number of carbonyl (C=O) groups excluding carboxylic acids is 1. The predicted octanol–water partition coefficient (Wildman–Crippen LogP) is 2.97. The molecule has 21 heavy (non-hydrogen) atoms.